The van der Waals surface area contributed by atoms with Crippen molar-refractivity contribution in [3.05, 3.63) is 78.4 Å². The highest BCUT2D eigenvalue weighted by Crippen LogP contribution is 2.44. The van der Waals surface area contributed by atoms with Crippen LogP contribution >= 0.6 is 11.8 Å². The minimum absolute atomic E-state index is 0.0184. The quantitative estimate of drug-likeness (QED) is 0.137. The van der Waals surface area contributed by atoms with Gasteiger partial charge in [0.05, 0.1) is 29.3 Å². The lowest BCUT2D eigenvalue weighted by atomic mass is 9.87. The Hall–Kier alpha value is -4.11. The molecule has 2 amide bonds. The zero-order chi connectivity index (χ0) is 38.2. The zero-order valence-corrected chi connectivity index (χ0v) is 32.4. The summed E-state index contributed by atoms with van der Waals surface area (Å²) in [5.41, 5.74) is 1.14. The number of ether oxygens (including phenoxy) is 2. The normalized spacial score (nSPS) is 19.5. The second-order valence-electron chi connectivity index (χ2n) is 13.6. The van der Waals surface area contributed by atoms with Crippen molar-refractivity contribution in [1.29, 1.82) is 0 Å². The number of unbranched alkanes of at least 4 members (excludes halogenated alkanes) is 2. The first-order valence-electron chi connectivity index (χ1n) is 18.1. The van der Waals surface area contributed by atoms with Crippen LogP contribution in [-0.2, 0) is 29.1 Å². The number of aliphatic hydroxyl groups is 1. The first-order chi connectivity index (χ1) is 25.5. The monoisotopic (exact) mass is 766 g/mol. The van der Waals surface area contributed by atoms with Crippen LogP contribution in [0.5, 0.6) is 5.75 Å². The van der Waals surface area contributed by atoms with Crippen molar-refractivity contribution >= 4 is 50.9 Å². The number of carbonyl (C=O) groups is 3. The van der Waals surface area contributed by atoms with Crippen LogP contribution in [0.15, 0.2) is 82.6 Å². The predicted octanol–water partition coefficient (Wildman–Crippen LogP) is 5.33. The lowest BCUT2D eigenvalue weighted by Crippen LogP contribution is -2.53. The first kappa shape index (κ1) is 40.1. The van der Waals surface area contributed by atoms with E-state index < -0.39 is 58.1 Å². The number of hydrogen-bond donors (Lipinski definition) is 3. The Labute approximate surface area is 316 Å². The number of nitrogens with one attached hydrogen (secondary N) is 2. The number of esters is 1. The molecule has 3 aromatic rings. The highest BCUT2D eigenvalue weighted by Gasteiger charge is 2.44. The largest absolute Gasteiger partial charge is 0.483 e. The molecular formula is C39H50N4O8S2. The maximum Gasteiger partial charge on any atom is 0.328 e. The Morgan fingerprint density at radius 2 is 1.66 bits per heavy atom. The molecule has 0 aliphatic carbocycles. The van der Waals surface area contributed by atoms with E-state index in [-0.39, 0.29) is 23.6 Å². The molecule has 286 valence electrons. The maximum absolute atomic E-state index is 14.4. The minimum atomic E-state index is -4.06. The number of fused-ring (bicyclic) bond motifs is 1. The van der Waals surface area contributed by atoms with E-state index in [1.54, 1.807) is 36.4 Å². The average Bonchev–Trinajstić information content (AvgIpc) is 3.53. The molecule has 14 heteroatoms. The summed E-state index contributed by atoms with van der Waals surface area (Å²) in [5.74, 6) is -1.68. The molecule has 53 heavy (non-hydrogen) atoms. The molecule has 0 aromatic heterocycles. The van der Waals surface area contributed by atoms with Gasteiger partial charge in [0.25, 0.3) is 11.8 Å². The van der Waals surface area contributed by atoms with Gasteiger partial charge in [-0.25, -0.2) is 17.9 Å². The highest BCUT2D eigenvalue weighted by atomic mass is 32.2. The third kappa shape index (κ3) is 9.34. The fourth-order valence-electron chi connectivity index (χ4n) is 7.10. The van der Waals surface area contributed by atoms with E-state index in [1.165, 1.54) is 29.8 Å². The van der Waals surface area contributed by atoms with Crippen molar-refractivity contribution in [3.8, 4) is 5.75 Å². The van der Waals surface area contributed by atoms with E-state index in [1.807, 2.05) is 36.6 Å². The molecule has 0 spiro atoms. The number of carbonyl (C=O) groups excluding carboxylic acids is 3. The van der Waals surface area contributed by atoms with Crippen LogP contribution in [-0.4, -0.2) is 87.0 Å². The molecule has 1 fully saturated rings. The number of benzene rings is 3. The fourth-order valence-corrected chi connectivity index (χ4v) is 9.31. The molecular weight excluding hydrogens is 717 g/mol. The van der Waals surface area contributed by atoms with E-state index in [0.29, 0.717) is 35.5 Å². The van der Waals surface area contributed by atoms with Crippen LogP contribution in [0.3, 0.4) is 0 Å². The number of likely N-dealkylation sites (tertiary alicyclic amines) is 1. The van der Waals surface area contributed by atoms with Gasteiger partial charge in [-0.15, -0.1) is 11.8 Å². The Kier molecular flexibility index (Phi) is 13.5. The van der Waals surface area contributed by atoms with E-state index in [0.717, 1.165) is 31.4 Å². The van der Waals surface area contributed by atoms with Crippen LogP contribution in [0.2, 0.25) is 0 Å². The van der Waals surface area contributed by atoms with Gasteiger partial charge in [-0.1, -0.05) is 88.1 Å². The molecule has 5 rings (SSSR count). The predicted molar refractivity (Wildman–Crippen MR) is 205 cm³/mol. The molecule has 2 unspecified atom stereocenters. The zero-order valence-electron chi connectivity index (χ0n) is 30.7. The van der Waals surface area contributed by atoms with E-state index >= 15 is 0 Å². The van der Waals surface area contributed by atoms with E-state index in [9.17, 15) is 27.9 Å². The number of aliphatic hydroxyl groups excluding tert-OH is 1. The third-order valence-corrected chi connectivity index (χ3v) is 12.2. The Morgan fingerprint density at radius 1 is 1.02 bits per heavy atom. The van der Waals surface area contributed by atoms with Gasteiger partial charge < -0.3 is 29.7 Å². The summed E-state index contributed by atoms with van der Waals surface area (Å²) in [6.07, 6.45) is 5.87. The SMILES string of the molecule is CCCCC1(CCCC)CN(c2ccccc2)c2cc(SC)c(OCC(=O)N[C@@H](C(=O)N3CC(O)CC3C(=O)OC)c3ccccc3)cc2S(=O)(=O)N1. The third-order valence-electron chi connectivity index (χ3n) is 9.80. The molecule has 0 bridgehead atoms. The van der Waals surface area contributed by atoms with Crippen LogP contribution in [0.4, 0.5) is 11.4 Å². The topological polar surface area (TPSA) is 155 Å². The minimum Gasteiger partial charge on any atom is -0.483 e. The second kappa shape index (κ2) is 17.8. The smallest absolute Gasteiger partial charge is 0.328 e. The van der Waals surface area contributed by atoms with Gasteiger partial charge in [-0.2, -0.15) is 0 Å². The second-order valence-corrected chi connectivity index (χ2v) is 16.1. The molecule has 3 aromatic carbocycles. The van der Waals surface area contributed by atoms with Gasteiger partial charge in [0.1, 0.15) is 22.7 Å². The molecule has 2 aliphatic rings. The molecule has 0 saturated carbocycles. The van der Waals surface area contributed by atoms with Gasteiger partial charge in [0, 0.05) is 31.3 Å². The standard InChI is InChI=1S/C39H50N4O8S2/c1-5-7-19-39(20-8-6-2)26-43(28-17-13-10-14-18-28)30-22-33(52-4)32(23-34(30)53(48,49)41-39)51-25-35(45)40-36(27-15-11-9-12-16-27)37(46)42-24-29(44)21-31(42)38(47)50-3/h9-18,22-23,29,31,36,41,44H,5-8,19-21,24-26H2,1-4H3,(H,40,45)/t29?,31?,36-/m1/s1. The Morgan fingerprint density at radius 3 is 2.26 bits per heavy atom. The molecule has 3 atom stereocenters. The van der Waals surface area contributed by atoms with Crippen molar-refractivity contribution in [3.63, 3.8) is 0 Å². The fraction of sp³-hybridized carbons (Fsp3) is 0.462. The summed E-state index contributed by atoms with van der Waals surface area (Å²) < 4.78 is 42.8. The number of anilines is 2. The number of para-hydroxylation sites is 1. The van der Waals surface area contributed by atoms with E-state index in [2.05, 4.69) is 28.8 Å². The molecule has 0 radical (unpaired) electrons. The highest BCUT2D eigenvalue weighted by molar-refractivity contribution is 7.98. The van der Waals surface area contributed by atoms with Crippen LogP contribution < -0.4 is 19.7 Å². The van der Waals surface area contributed by atoms with Gasteiger partial charge >= 0.3 is 5.97 Å². The summed E-state index contributed by atoms with van der Waals surface area (Å²) in [7, 11) is -2.85. The van der Waals surface area contributed by atoms with Gasteiger partial charge in [-0.05, 0) is 42.9 Å². The lowest BCUT2D eigenvalue weighted by Gasteiger charge is -2.37. The van der Waals surface area contributed by atoms with Crippen molar-refractivity contribution in [1.82, 2.24) is 14.9 Å². The number of thioether (sulfide) groups is 1. The number of nitrogens with zero attached hydrogens (tertiary/aromatic N) is 2. The number of methoxy groups -OCH3 is 1. The number of rotatable bonds is 15. The average molecular weight is 767 g/mol. The summed E-state index contributed by atoms with van der Waals surface area (Å²) in [6.45, 7) is 4.01. The molecule has 3 N–H and O–H groups in total. The van der Waals surface area contributed by atoms with Crippen molar-refractivity contribution in [2.45, 2.75) is 92.3 Å². The summed E-state index contributed by atoms with van der Waals surface area (Å²) in [6, 6.07) is 19.4. The number of hydrogen-bond acceptors (Lipinski definition) is 10. The summed E-state index contributed by atoms with van der Waals surface area (Å²) >= 11 is 1.36. The maximum atomic E-state index is 14.4. The van der Waals surface area contributed by atoms with Crippen LogP contribution in [0, 0.1) is 0 Å². The van der Waals surface area contributed by atoms with Gasteiger partial charge in [0.15, 0.2) is 6.61 Å². The van der Waals surface area contributed by atoms with Crippen molar-refractivity contribution in [2.24, 2.45) is 0 Å². The van der Waals surface area contributed by atoms with Crippen molar-refractivity contribution in [2.75, 3.05) is 38.0 Å². The van der Waals surface area contributed by atoms with Crippen LogP contribution in [0.1, 0.15) is 70.4 Å². The number of β-amino-alcohol motifs (C(OH)–C–C–N with tert-alkyl or cyclic N) is 1. The Balaban J connectivity index is 1.46. The molecule has 12 nitrogen and oxygen atoms in total. The molecule has 2 heterocycles. The van der Waals surface area contributed by atoms with E-state index in [4.69, 9.17) is 9.47 Å². The number of sulfonamides is 1. The number of amides is 2. The molecule has 1 saturated heterocycles. The van der Waals surface area contributed by atoms with Gasteiger partial charge in [-0.3, -0.25) is 9.59 Å². The van der Waals surface area contributed by atoms with Gasteiger partial charge in [0.2, 0.25) is 10.0 Å². The lowest BCUT2D eigenvalue weighted by molar-refractivity contribution is -0.152. The Bertz CT molecular complexity index is 1840. The van der Waals surface area contributed by atoms with Crippen molar-refractivity contribution < 1.29 is 37.4 Å². The summed E-state index contributed by atoms with van der Waals surface area (Å²) in [4.78, 5) is 43.9. The summed E-state index contributed by atoms with van der Waals surface area (Å²) in [5, 5.41) is 13.1. The van der Waals surface area contributed by atoms with Crippen LogP contribution in [0.25, 0.3) is 0 Å². The molecule has 2 aliphatic heterocycles. The first-order valence-corrected chi connectivity index (χ1v) is 20.8.